The van der Waals surface area contributed by atoms with Gasteiger partial charge in [0.25, 0.3) is 0 Å². The lowest BCUT2D eigenvalue weighted by Crippen LogP contribution is -2.48. The van der Waals surface area contributed by atoms with Crippen LogP contribution in [0.25, 0.3) is 11.3 Å². The van der Waals surface area contributed by atoms with Gasteiger partial charge in [-0.1, -0.05) is 18.2 Å². The summed E-state index contributed by atoms with van der Waals surface area (Å²) in [6.45, 7) is 0. The number of carbonyl (C=O) groups excluding carboxylic acids is 1. The van der Waals surface area contributed by atoms with Gasteiger partial charge in [0, 0.05) is 24.4 Å². The number of nitrogens with one attached hydrogen (secondary N) is 2. The van der Waals surface area contributed by atoms with Gasteiger partial charge in [-0.05, 0) is 52.0 Å². The minimum atomic E-state index is -1.20. The maximum atomic E-state index is 13.3. The van der Waals surface area contributed by atoms with Crippen LogP contribution >= 0.6 is 15.9 Å². The highest BCUT2D eigenvalue weighted by molar-refractivity contribution is 9.10. The van der Waals surface area contributed by atoms with E-state index in [1.807, 2.05) is 30.3 Å². The van der Waals surface area contributed by atoms with E-state index in [0.717, 1.165) is 32.7 Å². The third kappa shape index (κ3) is 3.15. The number of halogens is 1. The van der Waals surface area contributed by atoms with E-state index in [1.54, 1.807) is 17.3 Å². The zero-order valence-corrected chi connectivity index (χ0v) is 17.4. The summed E-state index contributed by atoms with van der Waals surface area (Å²) in [6.07, 6.45) is 4.03. The first-order chi connectivity index (χ1) is 14.5. The highest BCUT2D eigenvalue weighted by Crippen LogP contribution is 2.44. The van der Waals surface area contributed by atoms with Gasteiger partial charge in [0.2, 0.25) is 5.91 Å². The Morgan fingerprint density at radius 1 is 1.27 bits per heavy atom. The molecule has 2 aliphatic heterocycles. The second-order valence-electron chi connectivity index (χ2n) is 7.43. The van der Waals surface area contributed by atoms with E-state index in [-0.39, 0.29) is 11.9 Å². The maximum absolute atomic E-state index is 13.3. The van der Waals surface area contributed by atoms with Crippen molar-refractivity contribution >= 4 is 33.6 Å². The smallest absolute Gasteiger partial charge is 0.405 e. The SMILES string of the molecule is O=C(O)N[C@H]1CCc2cccc3c2N(C1=O)[C@H](c1nc(-c2ccc(Br)nc2)c[nH]1)C3. The summed E-state index contributed by atoms with van der Waals surface area (Å²) in [5.74, 6) is 0.425. The number of nitrogens with zero attached hydrogens (tertiary/aromatic N) is 3. The summed E-state index contributed by atoms with van der Waals surface area (Å²) in [7, 11) is 0. The average molecular weight is 468 g/mol. The van der Waals surface area contributed by atoms with Crippen molar-refractivity contribution in [2.24, 2.45) is 0 Å². The number of aromatic nitrogens is 3. The number of carboxylic acid groups (broad SMARTS) is 1. The number of para-hydroxylation sites is 1. The third-order valence-corrected chi connectivity index (χ3v) is 6.11. The first-order valence-corrected chi connectivity index (χ1v) is 10.4. The predicted octanol–water partition coefficient (Wildman–Crippen LogP) is 3.45. The van der Waals surface area contributed by atoms with Gasteiger partial charge in [0.15, 0.2) is 0 Å². The van der Waals surface area contributed by atoms with Crippen molar-refractivity contribution in [1.82, 2.24) is 20.3 Å². The average Bonchev–Trinajstić information content (AvgIpc) is 3.32. The van der Waals surface area contributed by atoms with Gasteiger partial charge < -0.3 is 15.4 Å². The van der Waals surface area contributed by atoms with Crippen LogP contribution in [0.1, 0.15) is 29.4 Å². The number of carbonyl (C=O) groups is 2. The lowest BCUT2D eigenvalue weighted by molar-refractivity contribution is -0.120. The molecule has 3 N–H and O–H groups in total. The van der Waals surface area contributed by atoms with Gasteiger partial charge >= 0.3 is 6.09 Å². The van der Waals surface area contributed by atoms with Gasteiger partial charge in [-0.2, -0.15) is 0 Å². The minimum Gasteiger partial charge on any atom is -0.465 e. The van der Waals surface area contributed by atoms with Crippen LogP contribution in [-0.2, 0) is 17.6 Å². The molecule has 3 aromatic rings. The Balaban J connectivity index is 1.54. The quantitative estimate of drug-likeness (QED) is 0.510. The maximum Gasteiger partial charge on any atom is 0.405 e. The highest BCUT2D eigenvalue weighted by atomic mass is 79.9. The molecule has 1 aromatic carbocycles. The van der Waals surface area contributed by atoms with E-state index >= 15 is 0 Å². The monoisotopic (exact) mass is 467 g/mol. The van der Waals surface area contributed by atoms with E-state index < -0.39 is 12.1 Å². The van der Waals surface area contributed by atoms with Crippen LogP contribution in [0, 0.1) is 0 Å². The van der Waals surface area contributed by atoms with Crippen molar-refractivity contribution in [3.63, 3.8) is 0 Å². The number of rotatable bonds is 3. The van der Waals surface area contributed by atoms with Gasteiger partial charge in [0.1, 0.15) is 16.5 Å². The molecule has 2 amide bonds. The molecule has 9 heteroatoms. The third-order valence-electron chi connectivity index (χ3n) is 5.64. The molecule has 5 rings (SSSR count). The molecule has 0 fully saturated rings. The number of amides is 2. The van der Waals surface area contributed by atoms with E-state index in [1.165, 1.54) is 0 Å². The van der Waals surface area contributed by atoms with Crippen LogP contribution in [0.15, 0.2) is 47.3 Å². The number of H-pyrrole nitrogens is 1. The minimum absolute atomic E-state index is 0.241. The van der Waals surface area contributed by atoms with Crippen molar-refractivity contribution in [2.75, 3.05) is 4.90 Å². The topological polar surface area (TPSA) is 111 Å². The molecule has 152 valence electrons. The van der Waals surface area contributed by atoms with E-state index in [4.69, 9.17) is 4.98 Å². The Hall–Kier alpha value is -3.20. The second kappa shape index (κ2) is 7.24. The predicted molar refractivity (Wildman–Crippen MR) is 113 cm³/mol. The van der Waals surface area contributed by atoms with Crippen molar-refractivity contribution in [1.29, 1.82) is 0 Å². The Bertz CT molecular complexity index is 1140. The van der Waals surface area contributed by atoms with E-state index in [9.17, 15) is 14.7 Å². The summed E-state index contributed by atoms with van der Waals surface area (Å²) in [6, 6.07) is 8.68. The molecule has 4 heterocycles. The van der Waals surface area contributed by atoms with Gasteiger partial charge in [-0.25, -0.2) is 14.8 Å². The first kappa shape index (κ1) is 18.8. The van der Waals surface area contributed by atoms with Gasteiger partial charge in [-0.3, -0.25) is 9.69 Å². The van der Waals surface area contributed by atoms with Crippen molar-refractivity contribution in [2.45, 2.75) is 31.3 Å². The molecule has 0 radical (unpaired) electrons. The molecule has 2 aliphatic rings. The number of imidazole rings is 1. The van der Waals surface area contributed by atoms with Crippen molar-refractivity contribution in [3.8, 4) is 11.3 Å². The van der Waals surface area contributed by atoms with Crippen molar-refractivity contribution in [3.05, 3.63) is 64.3 Å². The van der Waals surface area contributed by atoms with Crippen LogP contribution in [-0.4, -0.2) is 38.1 Å². The lowest BCUT2D eigenvalue weighted by Gasteiger charge is -2.27. The Morgan fingerprint density at radius 2 is 2.10 bits per heavy atom. The Morgan fingerprint density at radius 3 is 2.87 bits per heavy atom. The van der Waals surface area contributed by atoms with Crippen LogP contribution in [0.3, 0.4) is 0 Å². The molecule has 0 spiro atoms. The Labute approximate surface area is 180 Å². The van der Waals surface area contributed by atoms with Crippen LogP contribution < -0.4 is 10.2 Å². The van der Waals surface area contributed by atoms with Crippen LogP contribution in [0.5, 0.6) is 0 Å². The van der Waals surface area contributed by atoms with Crippen molar-refractivity contribution < 1.29 is 14.7 Å². The lowest BCUT2D eigenvalue weighted by atomic mass is 10.0. The molecule has 2 atom stereocenters. The fourth-order valence-corrected chi connectivity index (χ4v) is 4.55. The van der Waals surface area contributed by atoms with Crippen LogP contribution in [0.4, 0.5) is 10.5 Å². The molecule has 0 saturated carbocycles. The zero-order chi connectivity index (χ0) is 20.8. The number of aryl methyl sites for hydroxylation is 1. The van der Waals surface area contributed by atoms with E-state index in [0.29, 0.717) is 25.1 Å². The largest absolute Gasteiger partial charge is 0.465 e. The summed E-state index contributed by atoms with van der Waals surface area (Å²) in [4.78, 5) is 38.5. The molecule has 0 bridgehead atoms. The first-order valence-electron chi connectivity index (χ1n) is 9.62. The fraction of sp³-hybridized carbons (Fsp3) is 0.238. The number of hydrogen-bond acceptors (Lipinski definition) is 4. The number of hydrogen-bond donors (Lipinski definition) is 3. The number of pyridine rings is 1. The molecular formula is C21H18BrN5O3. The number of anilines is 1. The Kier molecular flexibility index (Phi) is 4.54. The second-order valence-corrected chi connectivity index (χ2v) is 8.25. The molecule has 0 unspecified atom stereocenters. The molecule has 0 saturated heterocycles. The fourth-order valence-electron chi connectivity index (χ4n) is 4.32. The zero-order valence-electron chi connectivity index (χ0n) is 15.8. The van der Waals surface area contributed by atoms with Gasteiger partial charge in [0.05, 0.1) is 17.4 Å². The van der Waals surface area contributed by atoms with Crippen LogP contribution in [0.2, 0.25) is 0 Å². The summed E-state index contributed by atoms with van der Waals surface area (Å²) in [5, 5.41) is 11.6. The molecule has 2 aromatic heterocycles. The number of benzene rings is 1. The molecule has 0 aliphatic carbocycles. The highest BCUT2D eigenvalue weighted by Gasteiger charge is 2.42. The summed E-state index contributed by atoms with van der Waals surface area (Å²) in [5.41, 5.74) is 4.63. The van der Waals surface area contributed by atoms with Gasteiger partial charge in [-0.15, -0.1) is 0 Å². The number of aromatic amines is 1. The molecule has 30 heavy (non-hydrogen) atoms. The van der Waals surface area contributed by atoms with E-state index in [2.05, 4.69) is 31.2 Å². The molecular weight excluding hydrogens is 450 g/mol. The molecule has 8 nitrogen and oxygen atoms in total. The summed E-state index contributed by atoms with van der Waals surface area (Å²) < 4.78 is 0.743. The summed E-state index contributed by atoms with van der Waals surface area (Å²) >= 11 is 3.33. The standard InChI is InChI=1S/C21H18BrN5O3/c22-17-7-5-13(9-23-17)15-10-24-19(25-15)16-8-12-3-1-2-11-4-6-14(26-21(29)30)20(28)27(16)18(11)12/h1-3,5,7,9-10,14,16,26H,4,6,8H2,(H,24,25)(H,29,30)/t14-,16-/m0/s1. The normalized spacial score (nSPS) is 20.0.